The third-order valence-electron chi connectivity index (χ3n) is 3.34. The topological polar surface area (TPSA) is 63.4 Å². The van der Waals surface area contributed by atoms with Gasteiger partial charge >= 0.3 is 0 Å². The van der Waals surface area contributed by atoms with Gasteiger partial charge in [0.25, 0.3) is 0 Å². The second-order valence-electron chi connectivity index (χ2n) is 4.83. The number of nitrogens with zero attached hydrogens (tertiary/aromatic N) is 2. The minimum absolute atomic E-state index is 0.248. The number of aromatic nitrogens is 1. The molecule has 0 amide bonds. The second kappa shape index (κ2) is 5.38. The molecule has 0 bridgehead atoms. The van der Waals surface area contributed by atoms with Gasteiger partial charge in [-0.25, -0.2) is 8.42 Å². The molecule has 0 radical (unpaired) electrons. The Bertz CT molecular complexity index is 700. The summed E-state index contributed by atoms with van der Waals surface area (Å²) in [6.07, 6.45) is 0. The van der Waals surface area contributed by atoms with E-state index in [1.165, 1.54) is 4.31 Å². The monoisotopic (exact) mass is 294 g/mol. The van der Waals surface area contributed by atoms with Crippen LogP contribution in [0.5, 0.6) is 0 Å². The van der Waals surface area contributed by atoms with Crippen molar-refractivity contribution in [3.63, 3.8) is 0 Å². The van der Waals surface area contributed by atoms with Crippen molar-refractivity contribution in [2.24, 2.45) is 0 Å². The standard InChI is InChI=1S/C14H18N2O3S/c1-10-7-5-6-8-14(10)20(17,18)16(4)9-13-11(2)15-19-12(13)3/h5-8H,9H2,1-4H3. The molecule has 0 spiro atoms. The first-order valence-corrected chi connectivity index (χ1v) is 7.71. The lowest BCUT2D eigenvalue weighted by molar-refractivity contribution is 0.390. The van der Waals surface area contributed by atoms with Crippen molar-refractivity contribution in [3.8, 4) is 0 Å². The van der Waals surface area contributed by atoms with Crippen LogP contribution in [0.15, 0.2) is 33.7 Å². The maximum absolute atomic E-state index is 12.6. The smallest absolute Gasteiger partial charge is 0.243 e. The highest BCUT2D eigenvalue weighted by molar-refractivity contribution is 7.89. The molecule has 0 unspecified atom stereocenters. The van der Waals surface area contributed by atoms with Crippen molar-refractivity contribution in [1.29, 1.82) is 0 Å². The van der Waals surface area contributed by atoms with Crippen molar-refractivity contribution >= 4 is 10.0 Å². The molecule has 1 aromatic heterocycles. The molecule has 1 heterocycles. The molecule has 1 aromatic carbocycles. The van der Waals surface area contributed by atoms with Crippen LogP contribution in [-0.4, -0.2) is 24.9 Å². The van der Waals surface area contributed by atoms with E-state index >= 15 is 0 Å². The molecule has 2 aromatic rings. The second-order valence-corrected chi connectivity index (χ2v) is 6.84. The van der Waals surface area contributed by atoms with Gasteiger partial charge in [0.15, 0.2) is 0 Å². The molecule has 0 N–H and O–H groups in total. The summed E-state index contributed by atoms with van der Waals surface area (Å²) in [6.45, 7) is 5.62. The van der Waals surface area contributed by atoms with E-state index in [1.54, 1.807) is 46.0 Å². The van der Waals surface area contributed by atoms with E-state index in [9.17, 15) is 8.42 Å². The molecule has 0 saturated carbocycles. The zero-order valence-electron chi connectivity index (χ0n) is 12.0. The third kappa shape index (κ3) is 2.62. The van der Waals surface area contributed by atoms with E-state index in [-0.39, 0.29) is 6.54 Å². The first-order chi connectivity index (χ1) is 9.34. The van der Waals surface area contributed by atoms with E-state index in [2.05, 4.69) is 5.16 Å². The van der Waals surface area contributed by atoms with E-state index in [0.717, 1.165) is 11.1 Å². The molecule has 20 heavy (non-hydrogen) atoms. The zero-order valence-corrected chi connectivity index (χ0v) is 12.9. The molecule has 0 aliphatic carbocycles. The van der Waals surface area contributed by atoms with Gasteiger partial charge in [-0.3, -0.25) is 0 Å². The first kappa shape index (κ1) is 14.7. The van der Waals surface area contributed by atoms with Gasteiger partial charge in [-0.1, -0.05) is 23.4 Å². The van der Waals surface area contributed by atoms with E-state index in [4.69, 9.17) is 4.52 Å². The van der Waals surface area contributed by atoms with Crippen LogP contribution in [0.3, 0.4) is 0 Å². The fourth-order valence-corrected chi connectivity index (χ4v) is 3.41. The Morgan fingerprint density at radius 3 is 2.40 bits per heavy atom. The van der Waals surface area contributed by atoms with Gasteiger partial charge in [0.2, 0.25) is 10.0 Å². The molecular weight excluding hydrogens is 276 g/mol. The summed E-state index contributed by atoms with van der Waals surface area (Å²) >= 11 is 0. The predicted molar refractivity (Wildman–Crippen MR) is 75.8 cm³/mol. The molecule has 108 valence electrons. The van der Waals surface area contributed by atoms with Crippen molar-refractivity contribution in [3.05, 3.63) is 46.8 Å². The SMILES string of the molecule is Cc1ccccc1S(=O)(=O)N(C)Cc1c(C)noc1C. The Hall–Kier alpha value is -1.66. The highest BCUT2D eigenvalue weighted by Crippen LogP contribution is 2.22. The van der Waals surface area contributed by atoms with Crippen LogP contribution in [0.1, 0.15) is 22.6 Å². The largest absolute Gasteiger partial charge is 0.361 e. The van der Waals surface area contributed by atoms with Crippen LogP contribution in [0.2, 0.25) is 0 Å². The quantitative estimate of drug-likeness (QED) is 0.868. The van der Waals surface area contributed by atoms with Crippen LogP contribution in [0.25, 0.3) is 0 Å². The fourth-order valence-electron chi connectivity index (χ4n) is 2.05. The minimum Gasteiger partial charge on any atom is -0.361 e. The van der Waals surface area contributed by atoms with Gasteiger partial charge in [-0.15, -0.1) is 0 Å². The van der Waals surface area contributed by atoms with Gasteiger partial charge in [0.1, 0.15) is 5.76 Å². The lowest BCUT2D eigenvalue weighted by Crippen LogP contribution is -2.27. The Morgan fingerprint density at radius 1 is 1.20 bits per heavy atom. The van der Waals surface area contributed by atoms with Gasteiger partial charge in [-0.2, -0.15) is 4.31 Å². The summed E-state index contributed by atoms with van der Waals surface area (Å²) < 4.78 is 31.5. The van der Waals surface area contributed by atoms with E-state index in [0.29, 0.717) is 16.3 Å². The molecule has 0 aliphatic heterocycles. The molecule has 0 atom stereocenters. The minimum atomic E-state index is -3.52. The normalized spacial score (nSPS) is 12.1. The molecule has 0 saturated heterocycles. The maximum Gasteiger partial charge on any atom is 0.243 e. The number of hydrogen-bond acceptors (Lipinski definition) is 4. The number of benzene rings is 1. The van der Waals surface area contributed by atoms with Gasteiger partial charge in [0, 0.05) is 19.2 Å². The predicted octanol–water partition coefficient (Wildman–Crippen LogP) is 2.42. The van der Waals surface area contributed by atoms with E-state index < -0.39 is 10.0 Å². The summed E-state index contributed by atoms with van der Waals surface area (Å²) in [4.78, 5) is 0.328. The van der Waals surface area contributed by atoms with Gasteiger partial charge in [0.05, 0.1) is 10.6 Å². The first-order valence-electron chi connectivity index (χ1n) is 6.27. The molecule has 6 heteroatoms. The van der Waals surface area contributed by atoms with Crippen molar-refractivity contribution in [1.82, 2.24) is 9.46 Å². The Balaban J connectivity index is 2.34. The van der Waals surface area contributed by atoms with Gasteiger partial charge < -0.3 is 4.52 Å². The highest BCUT2D eigenvalue weighted by atomic mass is 32.2. The van der Waals surface area contributed by atoms with Gasteiger partial charge in [-0.05, 0) is 32.4 Å². The number of hydrogen-bond donors (Lipinski definition) is 0. The Kier molecular flexibility index (Phi) is 3.96. The Labute approximate surface area is 119 Å². The lowest BCUT2D eigenvalue weighted by Gasteiger charge is -2.18. The Morgan fingerprint density at radius 2 is 1.85 bits per heavy atom. The zero-order chi connectivity index (χ0) is 14.9. The number of rotatable bonds is 4. The van der Waals surface area contributed by atoms with Crippen LogP contribution < -0.4 is 0 Å². The summed E-state index contributed by atoms with van der Waals surface area (Å²) in [5, 5.41) is 3.85. The summed E-state index contributed by atoms with van der Waals surface area (Å²) in [5.74, 6) is 0.648. The van der Waals surface area contributed by atoms with Crippen molar-refractivity contribution in [2.75, 3.05) is 7.05 Å². The molecule has 5 nitrogen and oxygen atoms in total. The average Bonchev–Trinajstić information content (AvgIpc) is 2.70. The molecular formula is C14H18N2O3S. The maximum atomic E-state index is 12.6. The lowest BCUT2D eigenvalue weighted by atomic mass is 10.2. The molecule has 0 fully saturated rings. The van der Waals surface area contributed by atoms with Crippen LogP contribution in [0, 0.1) is 20.8 Å². The number of sulfonamides is 1. The summed E-state index contributed by atoms with van der Waals surface area (Å²) in [5.41, 5.74) is 2.26. The highest BCUT2D eigenvalue weighted by Gasteiger charge is 2.24. The van der Waals surface area contributed by atoms with Crippen LogP contribution >= 0.6 is 0 Å². The average molecular weight is 294 g/mol. The third-order valence-corrected chi connectivity index (χ3v) is 5.31. The molecule has 0 aliphatic rings. The van der Waals surface area contributed by atoms with Crippen molar-refractivity contribution in [2.45, 2.75) is 32.2 Å². The van der Waals surface area contributed by atoms with Crippen LogP contribution in [0.4, 0.5) is 0 Å². The summed E-state index contributed by atoms with van der Waals surface area (Å²) in [6, 6.07) is 6.96. The number of aryl methyl sites for hydroxylation is 3. The molecule has 2 rings (SSSR count). The van der Waals surface area contributed by atoms with Crippen LogP contribution in [-0.2, 0) is 16.6 Å². The van der Waals surface area contributed by atoms with Crippen molar-refractivity contribution < 1.29 is 12.9 Å². The fraction of sp³-hybridized carbons (Fsp3) is 0.357. The summed E-state index contributed by atoms with van der Waals surface area (Å²) in [7, 11) is -1.95. The van der Waals surface area contributed by atoms with E-state index in [1.807, 2.05) is 6.07 Å².